The third-order valence-corrected chi connectivity index (χ3v) is 8.84. The van der Waals surface area contributed by atoms with Crippen LogP contribution in [0.25, 0.3) is 12.2 Å². The van der Waals surface area contributed by atoms with Crippen LogP contribution in [-0.4, -0.2) is 57.0 Å². The summed E-state index contributed by atoms with van der Waals surface area (Å²) in [5.74, 6) is -0.230. The summed E-state index contributed by atoms with van der Waals surface area (Å²) in [7, 11) is 0. The molecule has 2 saturated heterocycles. The van der Waals surface area contributed by atoms with E-state index < -0.39 is 12.5 Å². The number of hydrogen-bond acceptors (Lipinski definition) is 6. The minimum Gasteiger partial charge on any atom is -0.374 e. The Labute approximate surface area is 270 Å². The Bertz CT molecular complexity index is 1500. The number of aliphatic hydroxyl groups excluding tert-OH is 2. The van der Waals surface area contributed by atoms with Gasteiger partial charge in [0.05, 0.1) is 12.1 Å². The van der Waals surface area contributed by atoms with Gasteiger partial charge in [0.15, 0.2) is 0 Å². The summed E-state index contributed by atoms with van der Waals surface area (Å²) < 4.78 is 0. The van der Waals surface area contributed by atoms with Crippen LogP contribution in [0.15, 0.2) is 109 Å². The fourth-order valence-electron chi connectivity index (χ4n) is 6.36. The van der Waals surface area contributed by atoms with Crippen LogP contribution in [0.3, 0.4) is 0 Å². The first-order valence-corrected chi connectivity index (χ1v) is 15.9. The van der Waals surface area contributed by atoms with Crippen LogP contribution in [0.5, 0.6) is 0 Å². The van der Waals surface area contributed by atoms with Crippen molar-refractivity contribution in [1.29, 1.82) is 0 Å². The van der Waals surface area contributed by atoms with Crippen LogP contribution in [0, 0.1) is 0 Å². The van der Waals surface area contributed by atoms with Crippen molar-refractivity contribution in [2.45, 2.75) is 50.2 Å². The summed E-state index contributed by atoms with van der Waals surface area (Å²) in [5.41, 5.74) is 4.95. The number of amides is 2. The summed E-state index contributed by atoms with van der Waals surface area (Å²) in [4.78, 5) is 29.9. The smallest absolute Gasteiger partial charge is 0.241 e. The Kier molecular flexibility index (Phi) is 10.0. The summed E-state index contributed by atoms with van der Waals surface area (Å²) in [6.07, 6.45) is 5.49. The van der Waals surface area contributed by atoms with Gasteiger partial charge in [0.1, 0.15) is 12.5 Å². The molecular formula is C38H40N4O4. The van der Waals surface area contributed by atoms with Crippen LogP contribution in [0.1, 0.15) is 60.4 Å². The molecule has 2 amide bonds. The summed E-state index contributed by atoms with van der Waals surface area (Å²) in [6.45, 7) is 1.34. The van der Waals surface area contributed by atoms with Crippen LogP contribution < -0.4 is 10.6 Å². The van der Waals surface area contributed by atoms with Crippen molar-refractivity contribution < 1.29 is 19.8 Å². The highest BCUT2D eigenvalue weighted by Gasteiger charge is 2.36. The minimum atomic E-state index is -0.811. The second kappa shape index (κ2) is 14.7. The van der Waals surface area contributed by atoms with Gasteiger partial charge in [-0.2, -0.15) is 0 Å². The monoisotopic (exact) mass is 616 g/mol. The van der Waals surface area contributed by atoms with E-state index in [0.717, 1.165) is 35.1 Å². The van der Waals surface area contributed by atoms with Crippen molar-refractivity contribution >= 4 is 35.3 Å². The molecule has 8 nitrogen and oxygen atoms in total. The maximum absolute atomic E-state index is 13.1. The van der Waals surface area contributed by atoms with Crippen LogP contribution in [-0.2, 0) is 9.59 Å². The van der Waals surface area contributed by atoms with Gasteiger partial charge in [0.25, 0.3) is 0 Å². The molecule has 46 heavy (non-hydrogen) atoms. The van der Waals surface area contributed by atoms with E-state index in [0.29, 0.717) is 37.3 Å². The van der Waals surface area contributed by atoms with Crippen molar-refractivity contribution in [2.75, 3.05) is 23.7 Å². The fourth-order valence-corrected chi connectivity index (χ4v) is 6.36. The van der Waals surface area contributed by atoms with E-state index in [4.69, 9.17) is 0 Å². The van der Waals surface area contributed by atoms with Gasteiger partial charge in [-0.1, -0.05) is 97.1 Å². The van der Waals surface area contributed by atoms with Gasteiger partial charge in [-0.05, 0) is 72.2 Å². The average Bonchev–Trinajstić information content (AvgIpc) is 3.80. The number of nitrogens with zero attached hydrogens (tertiary/aromatic N) is 2. The lowest BCUT2D eigenvalue weighted by molar-refractivity contribution is -0.125. The molecule has 4 N–H and O–H groups in total. The van der Waals surface area contributed by atoms with Gasteiger partial charge >= 0.3 is 0 Å². The molecular weight excluding hydrogens is 576 g/mol. The predicted octanol–water partition coefficient (Wildman–Crippen LogP) is 6.05. The molecule has 2 aliphatic rings. The topological polar surface area (TPSA) is 105 Å². The van der Waals surface area contributed by atoms with Crippen LogP contribution in [0.2, 0.25) is 0 Å². The number of hydrogen-bond donors (Lipinski definition) is 4. The normalized spacial score (nSPS) is 20.0. The highest BCUT2D eigenvalue weighted by molar-refractivity contribution is 5.96. The van der Waals surface area contributed by atoms with Crippen molar-refractivity contribution in [3.05, 3.63) is 131 Å². The molecule has 2 fully saturated rings. The van der Waals surface area contributed by atoms with Gasteiger partial charge < -0.3 is 20.8 Å². The largest absolute Gasteiger partial charge is 0.374 e. The highest BCUT2D eigenvalue weighted by atomic mass is 16.3. The quantitative estimate of drug-likeness (QED) is 0.162. The van der Waals surface area contributed by atoms with Gasteiger partial charge in [-0.3, -0.25) is 19.4 Å². The first-order chi connectivity index (χ1) is 22.5. The van der Waals surface area contributed by atoms with Crippen LogP contribution in [0.4, 0.5) is 11.4 Å². The highest BCUT2D eigenvalue weighted by Crippen LogP contribution is 2.30. The van der Waals surface area contributed by atoms with E-state index in [-0.39, 0.29) is 23.9 Å². The van der Waals surface area contributed by atoms with Crippen molar-refractivity contribution in [3.63, 3.8) is 0 Å². The lowest BCUT2D eigenvalue weighted by Gasteiger charge is -2.29. The number of rotatable bonds is 10. The number of likely N-dealkylation sites (tertiary alicyclic amines) is 2. The summed E-state index contributed by atoms with van der Waals surface area (Å²) in [5, 5.41) is 27.8. The van der Waals surface area contributed by atoms with E-state index in [1.54, 1.807) is 0 Å². The number of carbonyl (C=O) groups excluding carboxylic acids is 2. The van der Waals surface area contributed by atoms with E-state index >= 15 is 0 Å². The van der Waals surface area contributed by atoms with Gasteiger partial charge in [-0.25, -0.2) is 0 Å². The molecule has 2 heterocycles. The van der Waals surface area contributed by atoms with Crippen LogP contribution >= 0.6 is 0 Å². The Morgan fingerprint density at radius 2 is 0.957 bits per heavy atom. The Morgan fingerprint density at radius 1 is 0.587 bits per heavy atom. The van der Waals surface area contributed by atoms with E-state index in [9.17, 15) is 19.8 Å². The Morgan fingerprint density at radius 3 is 1.33 bits per heavy atom. The second-order valence-corrected chi connectivity index (χ2v) is 11.9. The zero-order valence-corrected chi connectivity index (χ0v) is 25.7. The first-order valence-electron chi connectivity index (χ1n) is 15.9. The molecule has 2 aliphatic heterocycles. The number of aliphatic hydroxyl groups is 2. The van der Waals surface area contributed by atoms with Gasteiger partial charge in [0, 0.05) is 24.5 Å². The lowest BCUT2D eigenvalue weighted by Crippen LogP contribution is -2.41. The zero-order chi connectivity index (χ0) is 31.9. The number of nitrogens with one attached hydrogen (secondary N) is 2. The molecule has 4 aromatic rings. The third kappa shape index (κ3) is 7.43. The second-order valence-electron chi connectivity index (χ2n) is 11.9. The van der Waals surface area contributed by atoms with E-state index in [1.807, 2.05) is 131 Å². The van der Waals surface area contributed by atoms with Crippen molar-refractivity contribution in [1.82, 2.24) is 9.80 Å². The maximum atomic E-state index is 13.1. The van der Waals surface area contributed by atoms with Crippen molar-refractivity contribution in [3.8, 4) is 0 Å². The SMILES string of the molecule is O=C(Nc1ccc(/C=C/c2ccc(NC(=O)[C@@H]3CCCN3[C@@H](O)c3ccccc3)cc2)cc1)[C@@H]1CCCN1[C@@H](O)c1ccccc1. The average molecular weight is 617 g/mol. The molecule has 0 radical (unpaired) electrons. The van der Waals surface area contributed by atoms with Gasteiger partial charge in [-0.15, -0.1) is 0 Å². The molecule has 0 bridgehead atoms. The molecule has 0 aromatic heterocycles. The number of anilines is 2. The number of benzene rings is 4. The molecule has 6 rings (SSSR count). The zero-order valence-electron chi connectivity index (χ0n) is 25.7. The molecule has 4 aromatic carbocycles. The Hall–Kier alpha value is -4.60. The third-order valence-electron chi connectivity index (χ3n) is 8.84. The van der Waals surface area contributed by atoms with Gasteiger partial charge in [0.2, 0.25) is 11.8 Å². The summed E-state index contributed by atoms with van der Waals surface area (Å²) in [6, 6.07) is 33.4. The fraction of sp³-hybridized carbons (Fsp3) is 0.263. The molecule has 0 aliphatic carbocycles. The molecule has 0 unspecified atom stereocenters. The van der Waals surface area contributed by atoms with E-state index in [2.05, 4.69) is 10.6 Å². The lowest BCUT2D eigenvalue weighted by atomic mass is 10.1. The standard InChI is InChI=1S/C38H40N4O4/c43-35(33-13-7-25-41(33)37(45)29-9-3-1-4-10-29)39-31-21-17-27(18-22-31)15-16-28-19-23-32(24-20-28)40-36(44)34-14-8-26-42(34)38(46)30-11-5-2-6-12-30/h1-6,9-12,15-24,33-34,37-38,45-46H,7-8,13-14,25-26H2,(H,39,43)(H,40,44)/b16-15+/t33-,34-,37-,38-/m0/s1. The van der Waals surface area contributed by atoms with E-state index in [1.165, 1.54) is 0 Å². The minimum absolute atomic E-state index is 0.115. The van der Waals surface area contributed by atoms with Crippen molar-refractivity contribution in [2.24, 2.45) is 0 Å². The molecule has 4 atom stereocenters. The molecule has 8 heteroatoms. The maximum Gasteiger partial charge on any atom is 0.241 e. The summed E-state index contributed by atoms with van der Waals surface area (Å²) >= 11 is 0. The molecule has 0 spiro atoms. The first kappa shape index (κ1) is 31.4. The number of carbonyl (C=O) groups is 2. The Balaban J connectivity index is 1.01. The molecule has 0 saturated carbocycles. The predicted molar refractivity (Wildman–Crippen MR) is 181 cm³/mol. The molecule has 236 valence electrons.